The molecule has 0 aromatic carbocycles. The molecule has 112 valence electrons. The number of hydrogen-bond acceptors (Lipinski definition) is 4. The van der Waals surface area contributed by atoms with Crippen LogP contribution in [0.4, 0.5) is 5.82 Å². The highest BCUT2D eigenvalue weighted by molar-refractivity contribution is 6.39. The van der Waals surface area contributed by atoms with Gasteiger partial charge in [-0.05, 0) is 32.6 Å². The quantitative estimate of drug-likeness (QED) is 0.832. The fraction of sp³-hybridized carbons (Fsp3) is 0.643. The highest BCUT2D eigenvalue weighted by Crippen LogP contribution is 2.26. The third kappa shape index (κ3) is 5.42. The fourth-order valence-electron chi connectivity index (χ4n) is 2.33. The highest BCUT2D eigenvalue weighted by atomic mass is 16.5. The lowest BCUT2D eigenvalue weighted by Gasteiger charge is -2.32. The van der Waals surface area contributed by atoms with Crippen molar-refractivity contribution in [3.8, 4) is 0 Å². The van der Waals surface area contributed by atoms with E-state index in [1.54, 1.807) is 13.0 Å². The summed E-state index contributed by atoms with van der Waals surface area (Å²) < 4.78 is 4.82. The van der Waals surface area contributed by atoms with E-state index >= 15 is 0 Å². The minimum atomic E-state index is -0.750. The molecule has 0 spiro atoms. The molecule has 1 aromatic rings. The van der Waals surface area contributed by atoms with Crippen molar-refractivity contribution in [2.24, 2.45) is 5.41 Å². The molecule has 0 radical (unpaired) electrons. The highest BCUT2D eigenvalue weighted by Gasteiger charge is 2.29. The van der Waals surface area contributed by atoms with Crippen LogP contribution in [-0.2, 0) is 9.59 Å². The van der Waals surface area contributed by atoms with E-state index < -0.39 is 17.4 Å². The zero-order valence-electron chi connectivity index (χ0n) is 13.0. The summed E-state index contributed by atoms with van der Waals surface area (Å²) in [5, 5.41) is 8.73. The summed E-state index contributed by atoms with van der Waals surface area (Å²) in [6.45, 7) is 11.7. The van der Waals surface area contributed by atoms with Gasteiger partial charge in [-0.2, -0.15) is 0 Å². The second kappa shape index (κ2) is 5.64. The number of nitrogens with zero attached hydrogens (tertiary/aromatic N) is 1. The van der Waals surface area contributed by atoms with E-state index in [2.05, 4.69) is 36.6 Å². The lowest BCUT2D eigenvalue weighted by molar-refractivity contribution is -0.137. The first-order chi connectivity index (χ1) is 8.98. The normalized spacial score (nSPS) is 12.1. The zero-order chi connectivity index (χ0) is 15.6. The third-order valence-corrected chi connectivity index (χ3v) is 2.50. The Hall–Kier alpha value is -1.85. The number of amides is 2. The number of aromatic nitrogens is 1. The second-order valence-corrected chi connectivity index (χ2v) is 6.85. The van der Waals surface area contributed by atoms with Gasteiger partial charge in [-0.1, -0.05) is 25.9 Å². The molecule has 0 aliphatic heterocycles. The lowest BCUT2D eigenvalue weighted by Crippen LogP contribution is -2.49. The molecule has 20 heavy (non-hydrogen) atoms. The van der Waals surface area contributed by atoms with E-state index in [4.69, 9.17) is 4.52 Å². The summed E-state index contributed by atoms with van der Waals surface area (Å²) in [6.07, 6.45) is 0.752. The summed E-state index contributed by atoms with van der Waals surface area (Å²) in [7, 11) is 0. The number of carbonyl (C=O) groups is 2. The first-order valence-corrected chi connectivity index (χ1v) is 6.55. The van der Waals surface area contributed by atoms with Gasteiger partial charge in [0.25, 0.3) is 0 Å². The van der Waals surface area contributed by atoms with Gasteiger partial charge in [0.1, 0.15) is 5.76 Å². The van der Waals surface area contributed by atoms with Crippen LogP contribution < -0.4 is 10.6 Å². The summed E-state index contributed by atoms with van der Waals surface area (Å²) in [6, 6.07) is 1.55. The third-order valence-electron chi connectivity index (χ3n) is 2.50. The minimum Gasteiger partial charge on any atom is -0.360 e. The number of carbonyl (C=O) groups excluding carboxylic acids is 2. The molecular weight excluding hydrogens is 258 g/mol. The molecule has 6 nitrogen and oxygen atoms in total. The van der Waals surface area contributed by atoms with Crippen LogP contribution in [0.3, 0.4) is 0 Å². The number of hydrogen-bond donors (Lipinski definition) is 2. The molecule has 2 amide bonds. The Bertz CT molecular complexity index is 498. The molecule has 1 aromatic heterocycles. The minimum absolute atomic E-state index is 0.0521. The summed E-state index contributed by atoms with van der Waals surface area (Å²) in [5.74, 6) is -0.634. The van der Waals surface area contributed by atoms with E-state index in [1.807, 2.05) is 13.8 Å². The Morgan fingerprint density at radius 2 is 1.80 bits per heavy atom. The molecule has 0 saturated carbocycles. The predicted octanol–water partition coefficient (Wildman–Crippen LogP) is 2.25. The predicted molar refractivity (Wildman–Crippen MR) is 76.2 cm³/mol. The first-order valence-electron chi connectivity index (χ1n) is 6.55. The van der Waals surface area contributed by atoms with Crippen LogP contribution in [0.5, 0.6) is 0 Å². The average molecular weight is 281 g/mol. The van der Waals surface area contributed by atoms with Gasteiger partial charge in [0.05, 0.1) is 0 Å². The molecule has 0 atom stereocenters. The van der Waals surface area contributed by atoms with Gasteiger partial charge in [-0.3, -0.25) is 14.9 Å². The molecule has 0 saturated heterocycles. The molecule has 1 rings (SSSR count). The van der Waals surface area contributed by atoms with Crippen molar-refractivity contribution in [3.05, 3.63) is 11.8 Å². The largest absolute Gasteiger partial charge is 0.360 e. The maximum atomic E-state index is 11.9. The van der Waals surface area contributed by atoms with E-state index in [9.17, 15) is 9.59 Å². The van der Waals surface area contributed by atoms with Crippen LogP contribution in [0, 0.1) is 12.3 Å². The smallest absolute Gasteiger partial charge is 0.314 e. The maximum absolute atomic E-state index is 11.9. The van der Waals surface area contributed by atoms with Crippen molar-refractivity contribution >= 4 is 17.6 Å². The van der Waals surface area contributed by atoms with Crippen LogP contribution >= 0.6 is 0 Å². The summed E-state index contributed by atoms with van der Waals surface area (Å²) >= 11 is 0. The van der Waals surface area contributed by atoms with Crippen LogP contribution in [0.1, 0.15) is 46.8 Å². The Balaban J connectivity index is 2.59. The Labute approximate surface area is 119 Å². The number of aryl methyl sites for hydroxylation is 1. The number of anilines is 1. The summed E-state index contributed by atoms with van der Waals surface area (Å²) in [5.41, 5.74) is -0.414. The van der Waals surface area contributed by atoms with Crippen LogP contribution in [-0.4, -0.2) is 22.5 Å². The SMILES string of the molecule is Cc1cc(NC(=O)C(=O)NC(C)(C)CC(C)(C)C)no1. The molecule has 0 aliphatic carbocycles. The van der Waals surface area contributed by atoms with Crippen molar-refractivity contribution in [1.82, 2.24) is 10.5 Å². The molecule has 0 unspecified atom stereocenters. The van der Waals surface area contributed by atoms with Gasteiger partial charge in [-0.25, -0.2) is 0 Å². The first kappa shape index (κ1) is 16.2. The Morgan fingerprint density at radius 3 is 2.25 bits per heavy atom. The molecule has 1 heterocycles. The van der Waals surface area contributed by atoms with Gasteiger partial charge < -0.3 is 9.84 Å². The Kier molecular flexibility index (Phi) is 4.57. The number of rotatable bonds is 3. The standard InChI is InChI=1S/C14H23N3O3/c1-9-7-10(17-20-9)15-11(18)12(19)16-14(5,6)8-13(2,3)4/h7H,8H2,1-6H3,(H,16,19)(H,15,17,18). The van der Waals surface area contributed by atoms with Gasteiger partial charge >= 0.3 is 11.8 Å². The Morgan fingerprint density at radius 1 is 1.20 bits per heavy atom. The second-order valence-electron chi connectivity index (χ2n) is 6.85. The molecule has 6 heteroatoms. The van der Waals surface area contributed by atoms with Gasteiger partial charge in [0.2, 0.25) is 0 Å². The average Bonchev–Trinajstić information content (AvgIpc) is 2.59. The van der Waals surface area contributed by atoms with Crippen LogP contribution in [0.15, 0.2) is 10.6 Å². The number of nitrogens with one attached hydrogen (secondary N) is 2. The van der Waals surface area contributed by atoms with Crippen molar-refractivity contribution in [1.29, 1.82) is 0 Å². The van der Waals surface area contributed by atoms with E-state index in [1.165, 1.54) is 0 Å². The van der Waals surface area contributed by atoms with Gasteiger partial charge in [-0.15, -0.1) is 0 Å². The topological polar surface area (TPSA) is 84.2 Å². The molecular formula is C14H23N3O3. The van der Waals surface area contributed by atoms with Gasteiger partial charge in [0, 0.05) is 11.6 Å². The van der Waals surface area contributed by atoms with Crippen molar-refractivity contribution in [2.45, 2.75) is 53.5 Å². The monoisotopic (exact) mass is 281 g/mol. The van der Waals surface area contributed by atoms with Gasteiger partial charge in [0.15, 0.2) is 5.82 Å². The van der Waals surface area contributed by atoms with Crippen molar-refractivity contribution < 1.29 is 14.1 Å². The van der Waals surface area contributed by atoms with Crippen LogP contribution in [0.25, 0.3) is 0 Å². The molecule has 0 bridgehead atoms. The van der Waals surface area contributed by atoms with E-state index in [0.717, 1.165) is 6.42 Å². The molecule has 0 fully saturated rings. The fourth-order valence-corrected chi connectivity index (χ4v) is 2.33. The van der Waals surface area contributed by atoms with Crippen molar-refractivity contribution in [3.63, 3.8) is 0 Å². The lowest BCUT2D eigenvalue weighted by atomic mass is 9.82. The van der Waals surface area contributed by atoms with E-state index in [-0.39, 0.29) is 11.2 Å². The van der Waals surface area contributed by atoms with Crippen LogP contribution in [0.2, 0.25) is 0 Å². The van der Waals surface area contributed by atoms with Crippen molar-refractivity contribution in [2.75, 3.05) is 5.32 Å². The molecule has 0 aliphatic rings. The zero-order valence-corrected chi connectivity index (χ0v) is 13.0. The molecule has 2 N–H and O–H groups in total. The summed E-state index contributed by atoms with van der Waals surface area (Å²) in [4.78, 5) is 23.6. The van der Waals surface area contributed by atoms with E-state index in [0.29, 0.717) is 5.76 Å². The maximum Gasteiger partial charge on any atom is 0.314 e.